The van der Waals surface area contributed by atoms with Crippen LogP contribution in [0.25, 0.3) is 0 Å². The number of nitrogens with zero attached hydrogens (tertiary/aromatic N) is 1. The highest BCUT2D eigenvalue weighted by molar-refractivity contribution is 6.13. The SMILES string of the molecule is BC(NC(=O)C(C)C)C(CC)N(CCNC(=O)C(C)C)CCNC(=O)C(C)C. The third kappa shape index (κ3) is 10.1. The van der Waals surface area contributed by atoms with Crippen molar-refractivity contribution in [3.8, 4) is 0 Å². The van der Waals surface area contributed by atoms with E-state index in [0.717, 1.165) is 6.42 Å². The largest absolute Gasteiger partial charge is 0.360 e. The molecule has 0 rings (SSSR count). The Morgan fingerprint density at radius 2 is 1.18 bits per heavy atom. The summed E-state index contributed by atoms with van der Waals surface area (Å²) >= 11 is 0. The van der Waals surface area contributed by atoms with E-state index in [9.17, 15) is 14.4 Å². The van der Waals surface area contributed by atoms with Crippen molar-refractivity contribution in [2.45, 2.75) is 66.9 Å². The van der Waals surface area contributed by atoms with Crippen molar-refractivity contribution in [3.05, 3.63) is 0 Å². The Kier molecular flexibility index (Phi) is 12.8. The number of amides is 3. The molecule has 2 atom stereocenters. The van der Waals surface area contributed by atoms with E-state index >= 15 is 0 Å². The normalized spacial score (nSPS) is 13.7. The monoisotopic (exact) mass is 396 g/mol. The van der Waals surface area contributed by atoms with E-state index in [1.807, 2.05) is 49.4 Å². The minimum Gasteiger partial charge on any atom is -0.360 e. The molecule has 0 radical (unpaired) electrons. The van der Waals surface area contributed by atoms with Crippen molar-refractivity contribution < 1.29 is 14.4 Å². The molecule has 0 fully saturated rings. The van der Waals surface area contributed by atoms with E-state index in [0.29, 0.717) is 26.2 Å². The molecule has 0 bridgehead atoms. The predicted molar refractivity (Wildman–Crippen MR) is 117 cm³/mol. The molecule has 3 N–H and O–H groups in total. The summed E-state index contributed by atoms with van der Waals surface area (Å²) in [5.74, 6) is -0.0998. The van der Waals surface area contributed by atoms with E-state index < -0.39 is 0 Å². The number of hydrogen-bond donors (Lipinski definition) is 3. The fourth-order valence-electron chi connectivity index (χ4n) is 2.91. The third-order valence-corrected chi connectivity index (χ3v) is 4.80. The molecule has 0 heterocycles. The van der Waals surface area contributed by atoms with Crippen LogP contribution in [0.5, 0.6) is 0 Å². The lowest BCUT2D eigenvalue weighted by molar-refractivity contribution is -0.124. The van der Waals surface area contributed by atoms with Crippen LogP contribution >= 0.6 is 0 Å². The summed E-state index contributed by atoms with van der Waals surface area (Å²) in [7, 11) is 2.01. The number of carbonyl (C=O) groups is 3. The molecule has 0 aromatic carbocycles. The minimum atomic E-state index is -0.0657. The van der Waals surface area contributed by atoms with E-state index in [1.54, 1.807) is 0 Å². The van der Waals surface area contributed by atoms with Crippen LogP contribution in [0.15, 0.2) is 0 Å². The summed E-state index contributed by atoms with van der Waals surface area (Å²) in [6, 6.07) is 0.120. The molecule has 0 saturated carbocycles. The summed E-state index contributed by atoms with van der Waals surface area (Å²) in [4.78, 5) is 38.1. The van der Waals surface area contributed by atoms with Crippen molar-refractivity contribution in [2.75, 3.05) is 26.2 Å². The van der Waals surface area contributed by atoms with Crippen molar-refractivity contribution in [1.29, 1.82) is 0 Å². The highest BCUT2D eigenvalue weighted by Crippen LogP contribution is 2.08. The zero-order valence-electron chi connectivity index (χ0n) is 19.1. The summed E-state index contributed by atoms with van der Waals surface area (Å²) in [5.41, 5.74) is 0. The van der Waals surface area contributed by atoms with Gasteiger partial charge < -0.3 is 16.0 Å². The molecule has 0 aliphatic carbocycles. The molecule has 8 heteroatoms. The van der Waals surface area contributed by atoms with Crippen molar-refractivity contribution >= 4 is 25.6 Å². The van der Waals surface area contributed by atoms with Gasteiger partial charge in [0, 0.05) is 55.9 Å². The quantitative estimate of drug-likeness (QED) is 0.392. The van der Waals surface area contributed by atoms with Crippen molar-refractivity contribution in [2.24, 2.45) is 17.8 Å². The highest BCUT2D eigenvalue weighted by Gasteiger charge is 2.25. The van der Waals surface area contributed by atoms with Crippen LogP contribution in [-0.4, -0.2) is 68.6 Å². The van der Waals surface area contributed by atoms with Gasteiger partial charge >= 0.3 is 0 Å². The van der Waals surface area contributed by atoms with Gasteiger partial charge in [-0.15, -0.1) is 0 Å². The Labute approximate surface area is 172 Å². The lowest BCUT2D eigenvalue weighted by Gasteiger charge is -2.36. The average molecular weight is 396 g/mol. The van der Waals surface area contributed by atoms with Crippen LogP contribution in [0.1, 0.15) is 54.9 Å². The maximum atomic E-state index is 12.1. The first-order valence-corrected chi connectivity index (χ1v) is 10.6. The van der Waals surface area contributed by atoms with Gasteiger partial charge in [-0.1, -0.05) is 48.5 Å². The van der Waals surface area contributed by atoms with Crippen LogP contribution in [0.3, 0.4) is 0 Å². The van der Waals surface area contributed by atoms with Gasteiger partial charge in [0.2, 0.25) is 17.7 Å². The molecule has 0 aliphatic rings. The van der Waals surface area contributed by atoms with Crippen LogP contribution < -0.4 is 16.0 Å². The second kappa shape index (κ2) is 13.6. The predicted octanol–water partition coefficient (Wildman–Crippen LogP) is 0.343. The highest BCUT2D eigenvalue weighted by atomic mass is 16.2. The Morgan fingerprint density at radius 1 is 0.786 bits per heavy atom. The summed E-state index contributed by atoms with van der Waals surface area (Å²) in [5, 5.41) is 8.99. The van der Waals surface area contributed by atoms with Gasteiger partial charge in [0.15, 0.2) is 0 Å². The Hall–Kier alpha value is -1.57. The van der Waals surface area contributed by atoms with Gasteiger partial charge in [0.1, 0.15) is 7.85 Å². The van der Waals surface area contributed by atoms with Crippen LogP contribution in [0.4, 0.5) is 0 Å². The molecule has 7 nitrogen and oxygen atoms in total. The molecule has 0 aromatic heterocycles. The first-order chi connectivity index (χ1) is 13.0. The molecule has 0 spiro atoms. The standard InChI is InChI=1S/C20H41BN4O3/c1-8-16(17(21)24-20(28)15(6)7)25(11-9-22-18(26)13(2)3)12-10-23-19(27)14(4)5/h13-17H,8-12,21H2,1-7H3,(H,22,26)(H,23,27)(H,24,28). The maximum absolute atomic E-state index is 12.1. The first kappa shape index (κ1) is 26.4. The van der Waals surface area contributed by atoms with Gasteiger partial charge in [-0.2, -0.15) is 0 Å². The van der Waals surface area contributed by atoms with E-state index in [4.69, 9.17) is 0 Å². The molecular weight excluding hydrogens is 355 g/mol. The van der Waals surface area contributed by atoms with Crippen LogP contribution in [0, 0.1) is 17.8 Å². The molecular formula is C20H41BN4O3. The van der Waals surface area contributed by atoms with E-state index in [2.05, 4.69) is 27.8 Å². The number of hydrogen-bond acceptors (Lipinski definition) is 4. The van der Waals surface area contributed by atoms with Crippen molar-refractivity contribution in [3.63, 3.8) is 0 Å². The summed E-state index contributed by atoms with van der Waals surface area (Å²) in [6.07, 6.45) is 0.857. The molecule has 2 unspecified atom stereocenters. The maximum Gasteiger partial charge on any atom is 0.222 e. The zero-order valence-corrected chi connectivity index (χ0v) is 19.1. The minimum absolute atomic E-state index is 0.0264. The smallest absolute Gasteiger partial charge is 0.222 e. The van der Waals surface area contributed by atoms with Gasteiger partial charge in [0.05, 0.1) is 0 Å². The molecule has 0 aromatic rings. The third-order valence-electron chi connectivity index (χ3n) is 4.80. The lowest BCUT2D eigenvalue weighted by Crippen LogP contribution is -2.55. The molecule has 0 aliphatic heterocycles. The van der Waals surface area contributed by atoms with Crippen molar-refractivity contribution in [1.82, 2.24) is 20.9 Å². The van der Waals surface area contributed by atoms with E-state index in [-0.39, 0.29) is 47.5 Å². The topological polar surface area (TPSA) is 90.5 Å². The van der Waals surface area contributed by atoms with Gasteiger partial charge in [-0.05, 0) is 6.42 Å². The second-order valence-corrected chi connectivity index (χ2v) is 8.35. The fraction of sp³-hybridized carbons (Fsp3) is 0.850. The van der Waals surface area contributed by atoms with Gasteiger partial charge in [-0.3, -0.25) is 19.3 Å². The number of carbonyl (C=O) groups excluding carboxylic acids is 3. The lowest BCUT2D eigenvalue weighted by atomic mass is 9.85. The number of nitrogens with one attached hydrogen (secondary N) is 3. The zero-order chi connectivity index (χ0) is 21.9. The second-order valence-electron chi connectivity index (χ2n) is 8.35. The molecule has 28 heavy (non-hydrogen) atoms. The summed E-state index contributed by atoms with van der Waals surface area (Å²) < 4.78 is 0. The average Bonchev–Trinajstić information content (AvgIpc) is 2.60. The number of rotatable bonds is 13. The fourth-order valence-corrected chi connectivity index (χ4v) is 2.91. The molecule has 0 saturated heterocycles. The Bertz CT molecular complexity index is 472. The Balaban J connectivity index is 4.99. The first-order valence-electron chi connectivity index (χ1n) is 10.6. The van der Waals surface area contributed by atoms with Gasteiger partial charge in [-0.25, -0.2) is 0 Å². The van der Waals surface area contributed by atoms with Gasteiger partial charge in [0.25, 0.3) is 0 Å². The van der Waals surface area contributed by atoms with E-state index in [1.165, 1.54) is 0 Å². The summed E-state index contributed by atoms with van der Waals surface area (Å²) in [6.45, 7) is 15.7. The Morgan fingerprint density at radius 3 is 1.50 bits per heavy atom. The van der Waals surface area contributed by atoms with Crippen LogP contribution in [-0.2, 0) is 14.4 Å². The van der Waals surface area contributed by atoms with Crippen LogP contribution in [0.2, 0.25) is 0 Å². The molecule has 162 valence electrons. The molecule has 3 amide bonds.